The van der Waals surface area contributed by atoms with Gasteiger partial charge in [-0.1, -0.05) is 13.3 Å². The van der Waals surface area contributed by atoms with E-state index in [0.29, 0.717) is 0 Å². The fraction of sp³-hybridized carbons (Fsp3) is 0.647. The number of benzene rings is 1. The molecule has 1 fully saturated rings. The molecule has 0 radical (unpaired) electrons. The Bertz CT molecular complexity index is 433. The molecule has 0 saturated carbocycles. The number of hydrogen-bond acceptors (Lipinski definition) is 2. The molecule has 1 aromatic carbocycles. The average Bonchev–Trinajstić information content (AvgIpc) is 2.71. The van der Waals surface area contributed by atoms with Crippen molar-refractivity contribution in [3.63, 3.8) is 0 Å². The Morgan fingerprint density at radius 1 is 1.35 bits per heavy atom. The number of anilines is 1. The molecule has 0 aromatic heterocycles. The second-order valence-corrected chi connectivity index (χ2v) is 5.91. The number of nitrogens with one attached hydrogen (secondary N) is 1. The molecule has 1 aromatic rings. The molecular weight excluding hydrogens is 251 g/mol. The molecule has 1 aliphatic rings. The van der Waals surface area contributed by atoms with Crippen LogP contribution in [0.1, 0.15) is 51.1 Å². The normalized spacial score (nSPS) is 21.6. The first-order chi connectivity index (χ1) is 9.65. The van der Waals surface area contributed by atoms with E-state index in [1.165, 1.54) is 31.4 Å². The van der Waals surface area contributed by atoms with E-state index in [9.17, 15) is 4.39 Å². The van der Waals surface area contributed by atoms with Crippen molar-refractivity contribution in [3.8, 4) is 0 Å². The van der Waals surface area contributed by atoms with Crippen molar-refractivity contribution in [2.75, 3.05) is 25.0 Å². The van der Waals surface area contributed by atoms with Gasteiger partial charge < -0.3 is 10.2 Å². The van der Waals surface area contributed by atoms with Crippen LogP contribution in [0.4, 0.5) is 10.1 Å². The monoisotopic (exact) mass is 278 g/mol. The van der Waals surface area contributed by atoms with Gasteiger partial charge in [-0.05, 0) is 62.9 Å². The number of hydrogen-bond donors (Lipinski definition) is 1. The maximum Gasteiger partial charge on any atom is 0.123 e. The van der Waals surface area contributed by atoms with Gasteiger partial charge in [0, 0.05) is 24.8 Å². The highest BCUT2D eigenvalue weighted by Gasteiger charge is 2.20. The molecule has 0 spiro atoms. The van der Waals surface area contributed by atoms with Gasteiger partial charge in [0.05, 0.1) is 0 Å². The zero-order chi connectivity index (χ0) is 14.5. The van der Waals surface area contributed by atoms with Crippen molar-refractivity contribution in [2.24, 2.45) is 5.92 Å². The summed E-state index contributed by atoms with van der Waals surface area (Å²) in [6.45, 7) is 6.55. The van der Waals surface area contributed by atoms with E-state index in [0.717, 1.165) is 24.6 Å². The summed E-state index contributed by atoms with van der Waals surface area (Å²) in [4.78, 5) is 2.44. The minimum absolute atomic E-state index is 0.146. The van der Waals surface area contributed by atoms with Crippen LogP contribution in [-0.4, -0.2) is 20.1 Å². The minimum atomic E-state index is -0.146. The molecule has 2 nitrogen and oxygen atoms in total. The topological polar surface area (TPSA) is 15.3 Å². The highest BCUT2D eigenvalue weighted by atomic mass is 19.1. The van der Waals surface area contributed by atoms with Crippen LogP contribution in [0.2, 0.25) is 0 Å². The predicted octanol–water partition coefficient (Wildman–Crippen LogP) is 4.12. The quantitative estimate of drug-likeness (QED) is 0.891. The van der Waals surface area contributed by atoms with E-state index in [-0.39, 0.29) is 11.9 Å². The summed E-state index contributed by atoms with van der Waals surface area (Å²) in [5.74, 6) is 0.706. The standard InChI is InChI=1S/C17H27FN2/c1-4-14-6-5-10-20(11-9-14)17-8-7-15(18)12-16(17)13(2)19-3/h7-8,12-14,19H,4-6,9-11H2,1-3H3. The molecule has 2 atom stereocenters. The Balaban J connectivity index is 2.23. The lowest BCUT2D eigenvalue weighted by Crippen LogP contribution is -2.27. The van der Waals surface area contributed by atoms with Crippen molar-refractivity contribution in [3.05, 3.63) is 29.6 Å². The van der Waals surface area contributed by atoms with Crippen molar-refractivity contribution in [1.82, 2.24) is 5.32 Å². The number of nitrogens with zero attached hydrogens (tertiary/aromatic N) is 1. The van der Waals surface area contributed by atoms with Gasteiger partial charge in [0.25, 0.3) is 0 Å². The van der Waals surface area contributed by atoms with Crippen LogP contribution in [0.5, 0.6) is 0 Å². The lowest BCUT2D eigenvalue weighted by molar-refractivity contribution is 0.459. The van der Waals surface area contributed by atoms with E-state index in [1.54, 1.807) is 12.1 Å². The lowest BCUT2D eigenvalue weighted by Gasteiger charge is -2.27. The first-order valence-corrected chi connectivity index (χ1v) is 7.87. The fourth-order valence-corrected chi connectivity index (χ4v) is 3.13. The van der Waals surface area contributed by atoms with E-state index in [4.69, 9.17) is 0 Å². The second-order valence-electron chi connectivity index (χ2n) is 5.91. The Morgan fingerprint density at radius 2 is 2.15 bits per heavy atom. The van der Waals surface area contributed by atoms with Crippen molar-refractivity contribution in [1.29, 1.82) is 0 Å². The third kappa shape index (κ3) is 3.51. The maximum atomic E-state index is 13.6. The molecule has 20 heavy (non-hydrogen) atoms. The van der Waals surface area contributed by atoms with E-state index < -0.39 is 0 Å². The maximum absolute atomic E-state index is 13.6. The molecule has 1 heterocycles. The van der Waals surface area contributed by atoms with Gasteiger partial charge in [0.15, 0.2) is 0 Å². The lowest BCUT2D eigenvalue weighted by atomic mass is 9.98. The molecule has 1 N–H and O–H groups in total. The van der Waals surface area contributed by atoms with Gasteiger partial charge in [-0.25, -0.2) is 4.39 Å². The summed E-state index contributed by atoms with van der Waals surface area (Å²) in [7, 11) is 1.93. The number of halogens is 1. The second kappa shape index (κ2) is 7.07. The van der Waals surface area contributed by atoms with Gasteiger partial charge >= 0.3 is 0 Å². The van der Waals surface area contributed by atoms with Gasteiger partial charge in [-0.15, -0.1) is 0 Å². The van der Waals surface area contributed by atoms with Crippen molar-refractivity contribution < 1.29 is 4.39 Å². The van der Waals surface area contributed by atoms with Gasteiger partial charge in [-0.2, -0.15) is 0 Å². The Kier molecular flexibility index (Phi) is 5.41. The van der Waals surface area contributed by atoms with Crippen molar-refractivity contribution in [2.45, 2.75) is 45.6 Å². The Hall–Kier alpha value is -1.09. The average molecular weight is 278 g/mol. The van der Waals surface area contributed by atoms with E-state index in [1.807, 2.05) is 13.1 Å². The van der Waals surface area contributed by atoms with Crippen LogP contribution in [0.25, 0.3) is 0 Å². The third-order valence-corrected chi connectivity index (χ3v) is 4.65. The summed E-state index contributed by atoms with van der Waals surface area (Å²) >= 11 is 0. The zero-order valence-corrected chi connectivity index (χ0v) is 13.0. The molecule has 1 aliphatic heterocycles. The summed E-state index contributed by atoms with van der Waals surface area (Å²) in [6.07, 6.45) is 5.09. The Labute approximate surface area is 122 Å². The minimum Gasteiger partial charge on any atom is -0.371 e. The summed E-state index contributed by atoms with van der Waals surface area (Å²) < 4.78 is 13.6. The largest absolute Gasteiger partial charge is 0.371 e. The van der Waals surface area contributed by atoms with Gasteiger partial charge in [0.1, 0.15) is 5.82 Å². The van der Waals surface area contributed by atoms with Gasteiger partial charge in [0.2, 0.25) is 0 Å². The molecule has 0 aliphatic carbocycles. The first kappa shape index (κ1) is 15.3. The molecular formula is C17H27FN2. The molecule has 2 unspecified atom stereocenters. The van der Waals surface area contributed by atoms with Crippen LogP contribution < -0.4 is 10.2 Å². The van der Waals surface area contributed by atoms with Gasteiger partial charge in [-0.3, -0.25) is 0 Å². The van der Waals surface area contributed by atoms with Crippen LogP contribution in [0, 0.1) is 11.7 Å². The fourth-order valence-electron chi connectivity index (χ4n) is 3.13. The van der Waals surface area contributed by atoms with Crippen molar-refractivity contribution >= 4 is 5.69 Å². The summed E-state index contributed by atoms with van der Waals surface area (Å²) in [6, 6.07) is 5.39. The predicted molar refractivity (Wildman–Crippen MR) is 83.7 cm³/mol. The molecule has 2 rings (SSSR count). The summed E-state index contributed by atoms with van der Waals surface area (Å²) in [5, 5.41) is 3.23. The molecule has 0 bridgehead atoms. The molecule has 1 saturated heterocycles. The van der Waals surface area contributed by atoms with E-state index >= 15 is 0 Å². The summed E-state index contributed by atoms with van der Waals surface area (Å²) in [5.41, 5.74) is 2.27. The first-order valence-electron chi connectivity index (χ1n) is 7.87. The highest BCUT2D eigenvalue weighted by Crippen LogP contribution is 2.30. The third-order valence-electron chi connectivity index (χ3n) is 4.65. The molecule has 0 amide bonds. The van der Waals surface area contributed by atoms with E-state index in [2.05, 4.69) is 24.1 Å². The van der Waals surface area contributed by atoms with Crippen LogP contribution >= 0.6 is 0 Å². The SMILES string of the molecule is CCC1CCCN(c2ccc(F)cc2C(C)NC)CC1. The zero-order valence-electron chi connectivity index (χ0n) is 13.0. The molecule has 3 heteroatoms. The smallest absolute Gasteiger partial charge is 0.123 e. The Morgan fingerprint density at radius 3 is 2.85 bits per heavy atom. The number of rotatable bonds is 4. The van der Waals surface area contributed by atoms with Crippen LogP contribution in [0.15, 0.2) is 18.2 Å². The molecule has 112 valence electrons. The van der Waals surface area contributed by atoms with Crippen LogP contribution in [0.3, 0.4) is 0 Å². The highest BCUT2D eigenvalue weighted by molar-refractivity contribution is 5.55. The van der Waals surface area contributed by atoms with Crippen LogP contribution in [-0.2, 0) is 0 Å².